The maximum absolute atomic E-state index is 6.05. The molecular weight excluding hydrogens is 236 g/mol. The minimum Gasteiger partial charge on any atom is -0.399 e. The van der Waals surface area contributed by atoms with Crippen molar-refractivity contribution in [1.29, 1.82) is 0 Å². The Balaban J connectivity index is 2.34. The molecule has 4 nitrogen and oxygen atoms in total. The molecule has 1 aromatic heterocycles. The van der Waals surface area contributed by atoms with Crippen molar-refractivity contribution in [2.24, 2.45) is 0 Å². The third-order valence-electron chi connectivity index (χ3n) is 2.22. The summed E-state index contributed by atoms with van der Waals surface area (Å²) in [5, 5.41) is 3.65. The quantitative estimate of drug-likeness (QED) is 0.802. The Morgan fingerprint density at radius 2 is 1.76 bits per heavy atom. The Hall–Kier alpha value is -1.81. The van der Waals surface area contributed by atoms with E-state index in [9.17, 15) is 0 Å². The van der Waals surface area contributed by atoms with Gasteiger partial charge in [0.25, 0.3) is 0 Å². The van der Waals surface area contributed by atoms with Gasteiger partial charge in [0.05, 0.1) is 10.7 Å². The molecule has 0 spiro atoms. The van der Waals surface area contributed by atoms with E-state index in [1.807, 2.05) is 19.9 Å². The second-order valence-corrected chi connectivity index (χ2v) is 4.25. The van der Waals surface area contributed by atoms with Gasteiger partial charge in [-0.05, 0) is 38.1 Å². The van der Waals surface area contributed by atoms with Crippen molar-refractivity contribution in [2.45, 2.75) is 13.8 Å². The van der Waals surface area contributed by atoms with Crippen LogP contribution in [0, 0.1) is 13.8 Å². The standard InChI is InChI=1S/C12H13ClN4/c1-7-5-8(2)16-12(15-7)17-11-6-9(14)3-4-10(11)13/h3-6H,14H2,1-2H3,(H,15,16,17). The minimum absolute atomic E-state index is 0.523. The molecule has 1 aromatic carbocycles. The van der Waals surface area contributed by atoms with Gasteiger partial charge in [0.2, 0.25) is 5.95 Å². The van der Waals surface area contributed by atoms with Gasteiger partial charge in [-0.25, -0.2) is 9.97 Å². The fourth-order valence-electron chi connectivity index (χ4n) is 1.54. The normalized spacial score (nSPS) is 10.3. The highest BCUT2D eigenvalue weighted by atomic mass is 35.5. The molecule has 0 saturated carbocycles. The number of nitrogen functional groups attached to an aromatic ring is 1. The Kier molecular flexibility index (Phi) is 3.15. The monoisotopic (exact) mass is 248 g/mol. The van der Waals surface area contributed by atoms with Crippen LogP contribution in [0.4, 0.5) is 17.3 Å². The maximum Gasteiger partial charge on any atom is 0.227 e. The smallest absolute Gasteiger partial charge is 0.227 e. The van der Waals surface area contributed by atoms with Crippen LogP contribution in [0.25, 0.3) is 0 Å². The van der Waals surface area contributed by atoms with Gasteiger partial charge in [-0.15, -0.1) is 0 Å². The number of nitrogens with two attached hydrogens (primary N) is 1. The van der Waals surface area contributed by atoms with Crippen LogP contribution in [0.1, 0.15) is 11.4 Å². The molecular formula is C12H13ClN4. The predicted octanol–water partition coefficient (Wildman–Crippen LogP) is 3.07. The van der Waals surface area contributed by atoms with Crippen LogP contribution in [0.5, 0.6) is 0 Å². The molecule has 0 aliphatic heterocycles. The van der Waals surface area contributed by atoms with Crippen LogP contribution in [-0.2, 0) is 0 Å². The van der Waals surface area contributed by atoms with Crippen molar-refractivity contribution < 1.29 is 0 Å². The lowest BCUT2D eigenvalue weighted by Crippen LogP contribution is -2.01. The molecule has 0 bridgehead atoms. The number of anilines is 3. The predicted molar refractivity (Wildman–Crippen MR) is 70.7 cm³/mol. The van der Waals surface area contributed by atoms with Gasteiger partial charge in [0, 0.05) is 17.1 Å². The van der Waals surface area contributed by atoms with E-state index in [2.05, 4.69) is 15.3 Å². The number of nitrogens with zero attached hydrogens (tertiary/aromatic N) is 2. The number of rotatable bonds is 2. The van der Waals surface area contributed by atoms with Crippen LogP contribution in [0.2, 0.25) is 5.02 Å². The molecule has 0 aliphatic carbocycles. The lowest BCUT2D eigenvalue weighted by Gasteiger charge is -2.08. The summed E-state index contributed by atoms with van der Waals surface area (Å²) >= 11 is 6.05. The Bertz CT molecular complexity index is 534. The Morgan fingerprint density at radius 3 is 2.41 bits per heavy atom. The largest absolute Gasteiger partial charge is 0.399 e. The summed E-state index contributed by atoms with van der Waals surface area (Å²) in [6.45, 7) is 3.83. The number of hydrogen-bond acceptors (Lipinski definition) is 4. The van der Waals surface area contributed by atoms with E-state index in [1.165, 1.54) is 0 Å². The van der Waals surface area contributed by atoms with Crippen LogP contribution < -0.4 is 11.1 Å². The number of nitrogens with one attached hydrogen (secondary N) is 1. The summed E-state index contributed by atoms with van der Waals surface area (Å²) in [6, 6.07) is 7.15. The second kappa shape index (κ2) is 4.59. The Labute approximate surface area is 105 Å². The summed E-state index contributed by atoms with van der Waals surface area (Å²) in [5.41, 5.74) is 8.85. The third kappa shape index (κ3) is 2.85. The van der Waals surface area contributed by atoms with Crippen LogP contribution in [-0.4, -0.2) is 9.97 Å². The number of aromatic nitrogens is 2. The molecule has 5 heteroatoms. The first kappa shape index (κ1) is 11.7. The molecule has 1 heterocycles. The summed E-state index contributed by atoms with van der Waals surface area (Å²) < 4.78 is 0. The van der Waals surface area contributed by atoms with Gasteiger partial charge < -0.3 is 11.1 Å². The zero-order chi connectivity index (χ0) is 12.4. The van der Waals surface area contributed by atoms with Crippen LogP contribution >= 0.6 is 11.6 Å². The van der Waals surface area contributed by atoms with Gasteiger partial charge in [-0.2, -0.15) is 0 Å². The second-order valence-electron chi connectivity index (χ2n) is 3.84. The summed E-state index contributed by atoms with van der Waals surface area (Å²) in [5.74, 6) is 0.523. The molecule has 2 aromatic rings. The number of hydrogen-bond donors (Lipinski definition) is 2. The van der Waals surface area contributed by atoms with Gasteiger partial charge in [0.15, 0.2) is 0 Å². The molecule has 0 saturated heterocycles. The molecule has 3 N–H and O–H groups in total. The number of benzene rings is 1. The average Bonchev–Trinajstić information content (AvgIpc) is 2.22. The first-order chi connectivity index (χ1) is 8.04. The van der Waals surface area contributed by atoms with Gasteiger partial charge >= 0.3 is 0 Å². The van der Waals surface area contributed by atoms with E-state index in [0.29, 0.717) is 22.3 Å². The molecule has 17 heavy (non-hydrogen) atoms. The lowest BCUT2D eigenvalue weighted by atomic mass is 10.3. The molecule has 88 valence electrons. The zero-order valence-electron chi connectivity index (χ0n) is 9.66. The molecule has 0 atom stereocenters. The fraction of sp³-hybridized carbons (Fsp3) is 0.167. The van der Waals surface area contributed by atoms with Crippen molar-refractivity contribution >= 4 is 28.9 Å². The average molecular weight is 249 g/mol. The van der Waals surface area contributed by atoms with E-state index < -0.39 is 0 Å². The van der Waals surface area contributed by atoms with Gasteiger partial charge in [-0.3, -0.25) is 0 Å². The molecule has 2 rings (SSSR count). The van der Waals surface area contributed by atoms with Gasteiger partial charge in [0.1, 0.15) is 0 Å². The van der Waals surface area contributed by atoms with E-state index in [1.54, 1.807) is 18.2 Å². The SMILES string of the molecule is Cc1cc(C)nc(Nc2cc(N)ccc2Cl)n1. The number of halogens is 1. The maximum atomic E-state index is 6.05. The van der Waals surface area contributed by atoms with Crippen LogP contribution in [0.3, 0.4) is 0 Å². The highest BCUT2D eigenvalue weighted by Gasteiger charge is 2.04. The topological polar surface area (TPSA) is 63.8 Å². The highest BCUT2D eigenvalue weighted by molar-refractivity contribution is 6.33. The van der Waals surface area contributed by atoms with Gasteiger partial charge in [-0.1, -0.05) is 11.6 Å². The first-order valence-corrected chi connectivity index (χ1v) is 5.57. The summed E-state index contributed by atoms with van der Waals surface area (Å²) in [7, 11) is 0. The van der Waals surface area contributed by atoms with Crippen LogP contribution in [0.15, 0.2) is 24.3 Å². The first-order valence-electron chi connectivity index (χ1n) is 5.19. The summed E-state index contributed by atoms with van der Waals surface area (Å²) in [4.78, 5) is 8.56. The van der Waals surface area contributed by atoms with Crippen molar-refractivity contribution in [3.63, 3.8) is 0 Å². The lowest BCUT2D eigenvalue weighted by molar-refractivity contribution is 1.06. The molecule has 0 fully saturated rings. The molecule has 0 unspecified atom stereocenters. The van der Waals surface area contributed by atoms with Crippen molar-refractivity contribution in [3.05, 3.63) is 40.7 Å². The Morgan fingerprint density at radius 1 is 1.12 bits per heavy atom. The number of aryl methyl sites for hydroxylation is 2. The van der Waals surface area contributed by atoms with Crippen molar-refractivity contribution in [3.8, 4) is 0 Å². The van der Waals surface area contributed by atoms with E-state index >= 15 is 0 Å². The van der Waals surface area contributed by atoms with E-state index in [-0.39, 0.29) is 0 Å². The minimum atomic E-state index is 0.523. The van der Waals surface area contributed by atoms with E-state index in [0.717, 1.165) is 11.4 Å². The fourth-order valence-corrected chi connectivity index (χ4v) is 1.71. The van der Waals surface area contributed by atoms with Crippen molar-refractivity contribution in [2.75, 3.05) is 11.1 Å². The molecule has 0 radical (unpaired) electrons. The highest BCUT2D eigenvalue weighted by Crippen LogP contribution is 2.26. The zero-order valence-corrected chi connectivity index (χ0v) is 10.4. The van der Waals surface area contributed by atoms with Crippen molar-refractivity contribution in [1.82, 2.24) is 9.97 Å². The van der Waals surface area contributed by atoms with E-state index in [4.69, 9.17) is 17.3 Å². The molecule has 0 amide bonds. The third-order valence-corrected chi connectivity index (χ3v) is 2.55. The summed E-state index contributed by atoms with van der Waals surface area (Å²) in [6.07, 6.45) is 0. The molecule has 0 aliphatic rings.